The van der Waals surface area contributed by atoms with E-state index in [1.165, 1.54) is 18.1 Å². The number of allylic oxidation sites excluding steroid dienone is 1. The van der Waals surface area contributed by atoms with Gasteiger partial charge in [0.05, 0.1) is 0 Å². The van der Waals surface area contributed by atoms with Crippen LogP contribution in [0.4, 0.5) is 0 Å². The minimum atomic E-state index is -1.63. The van der Waals surface area contributed by atoms with Gasteiger partial charge < -0.3 is 4.43 Å². The highest BCUT2D eigenvalue weighted by Gasteiger charge is 2.31. The molecule has 1 rings (SSSR count). The van der Waals surface area contributed by atoms with E-state index >= 15 is 0 Å². The van der Waals surface area contributed by atoms with Crippen LogP contribution in [0.25, 0.3) is 0 Å². The normalized spacial score (nSPS) is 14.0. The summed E-state index contributed by atoms with van der Waals surface area (Å²) in [7, 11) is -1.63. The molecule has 0 fully saturated rings. The Bertz CT molecular complexity index is 423. The molecule has 1 aromatic heterocycles. The molecule has 0 saturated heterocycles. The van der Waals surface area contributed by atoms with E-state index in [2.05, 4.69) is 45.7 Å². The van der Waals surface area contributed by atoms with Gasteiger partial charge in [-0.25, -0.2) is 4.98 Å². The average molecular weight is 324 g/mol. The maximum Gasteiger partial charge on any atom is 0.251 e. The number of aromatic nitrogens is 1. The van der Waals surface area contributed by atoms with E-state index in [-0.39, 0.29) is 0 Å². The Morgan fingerprint density at radius 1 is 1.24 bits per heavy atom. The maximum atomic E-state index is 6.59. The molecule has 0 bridgehead atoms. The first-order chi connectivity index (χ1) is 10.1. The average Bonchev–Trinajstić information content (AvgIpc) is 2.53. The fourth-order valence-electron chi connectivity index (χ4n) is 2.13. The molecule has 1 atom stereocenters. The summed E-state index contributed by atoms with van der Waals surface area (Å²) >= 11 is 1.67. The molecule has 0 aliphatic rings. The zero-order chi connectivity index (χ0) is 15.7. The molecule has 0 aliphatic carbocycles. The van der Waals surface area contributed by atoms with Gasteiger partial charge in [0.25, 0.3) is 8.32 Å². The minimum absolute atomic E-state index is 0.536. The van der Waals surface area contributed by atoms with Crippen LogP contribution >= 0.6 is 11.8 Å². The Labute approximate surface area is 135 Å². The first-order valence-electron chi connectivity index (χ1n) is 8.08. The Morgan fingerprint density at radius 2 is 1.90 bits per heavy atom. The van der Waals surface area contributed by atoms with Crippen LogP contribution in [0.1, 0.15) is 41.0 Å². The molecule has 21 heavy (non-hydrogen) atoms. The fraction of sp³-hybridized carbons (Fsp3) is 0.588. The van der Waals surface area contributed by atoms with E-state index in [1.54, 1.807) is 11.8 Å². The van der Waals surface area contributed by atoms with Crippen molar-refractivity contribution in [1.29, 1.82) is 0 Å². The van der Waals surface area contributed by atoms with E-state index in [9.17, 15) is 0 Å². The first-order valence-corrected chi connectivity index (χ1v) is 11.4. The van der Waals surface area contributed by atoms with Crippen LogP contribution in [0.3, 0.4) is 0 Å². The maximum absolute atomic E-state index is 6.59. The van der Waals surface area contributed by atoms with Crippen molar-refractivity contribution < 1.29 is 4.43 Å². The summed E-state index contributed by atoms with van der Waals surface area (Å²) in [6.45, 7) is 11.3. The number of hydrogen-bond acceptors (Lipinski definition) is 3. The van der Waals surface area contributed by atoms with Crippen molar-refractivity contribution in [2.24, 2.45) is 5.92 Å². The highest BCUT2D eigenvalue weighted by Crippen LogP contribution is 2.33. The molecule has 0 aromatic carbocycles. The van der Waals surface area contributed by atoms with Crippen molar-refractivity contribution in [3.8, 4) is 0 Å². The summed E-state index contributed by atoms with van der Waals surface area (Å²) in [5.41, 5.74) is 0. The summed E-state index contributed by atoms with van der Waals surface area (Å²) < 4.78 is 6.59. The summed E-state index contributed by atoms with van der Waals surface area (Å²) in [5, 5.41) is 2.07. The Balaban J connectivity index is 2.95. The fourth-order valence-corrected chi connectivity index (χ4v) is 6.02. The van der Waals surface area contributed by atoms with Crippen LogP contribution < -0.4 is 0 Å². The summed E-state index contributed by atoms with van der Waals surface area (Å²) in [6.07, 6.45) is 5.25. The van der Waals surface area contributed by atoms with Gasteiger partial charge in [-0.3, -0.25) is 0 Å². The van der Waals surface area contributed by atoms with Gasteiger partial charge >= 0.3 is 0 Å². The second-order valence-corrected chi connectivity index (χ2v) is 11.2. The highest BCUT2D eigenvalue weighted by atomic mass is 32.2. The molecular weight excluding hydrogens is 294 g/mol. The Kier molecular flexibility index (Phi) is 8.12. The topological polar surface area (TPSA) is 22.1 Å². The molecule has 1 heterocycles. The van der Waals surface area contributed by atoms with E-state index in [0.717, 1.165) is 16.5 Å². The molecule has 0 aliphatic heterocycles. The standard InChI is InChI=1S/C17H29NOSSi/c1-6-15(5)14-17(19-21(7-2,8-3)9-4)20-16-12-10-11-13-18-16/h10-15H,6-9H2,1-5H3/t15-/m0/s1. The minimum Gasteiger partial charge on any atom is -0.539 e. The SMILES string of the molecule is CC[C@H](C)C=C(O[Si](CC)(CC)CC)Sc1ccccn1. The molecule has 0 amide bonds. The van der Waals surface area contributed by atoms with Crippen molar-refractivity contribution in [3.63, 3.8) is 0 Å². The number of nitrogens with zero attached hydrogens (tertiary/aromatic N) is 1. The smallest absolute Gasteiger partial charge is 0.251 e. The van der Waals surface area contributed by atoms with Crippen molar-refractivity contribution in [2.45, 2.75) is 64.2 Å². The summed E-state index contributed by atoms with van der Waals surface area (Å²) in [6, 6.07) is 9.53. The Hall–Kier alpha value is -0.743. The molecule has 0 spiro atoms. The summed E-state index contributed by atoms with van der Waals surface area (Å²) in [4.78, 5) is 4.42. The van der Waals surface area contributed by atoms with Crippen molar-refractivity contribution in [1.82, 2.24) is 4.98 Å². The second-order valence-electron chi connectivity index (χ2n) is 5.49. The zero-order valence-electron chi connectivity index (χ0n) is 14.1. The highest BCUT2D eigenvalue weighted by molar-refractivity contribution is 8.02. The van der Waals surface area contributed by atoms with Crippen LogP contribution in [-0.2, 0) is 4.43 Å². The monoisotopic (exact) mass is 323 g/mol. The van der Waals surface area contributed by atoms with Crippen LogP contribution in [0.15, 0.2) is 40.6 Å². The predicted molar refractivity (Wildman–Crippen MR) is 95.9 cm³/mol. The van der Waals surface area contributed by atoms with Crippen LogP contribution in [0.2, 0.25) is 18.1 Å². The van der Waals surface area contributed by atoms with Gasteiger partial charge in [0.15, 0.2) is 0 Å². The van der Waals surface area contributed by atoms with Gasteiger partial charge in [0, 0.05) is 6.20 Å². The molecule has 0 N–H and O–H groups in total. The molecular formula is C17H29NOSSi. The van der Waals surface area contributed by atoms with E-state index < -0.39 is 8.32 Å². The van der Waals surface area contributed by atoms with E-state index in [1.807, 2.05) is 24.4 Å². The third-order valence-corrected chi connectivity index (χ3v) is 9.70. The van der Waals surface area contributed by atoms with Gasteiger partial charge in [0.2, 0.25) is 0 Å². The van der Waals surface area contributed by atoms with Crippen molar-refractivity contribution in [2.75, 3.05) is 0 Å². The molecule has 2 nitrogen and oxygen atoms in total. The number of hydrogen-bond donors (Lipinski definition) is 0. The lowest BCUT2D eigenvalue weighted by molar-refractivity contribution is 0.435. The van der Waals surface area contributed by atoms with Crippen LogP contribution in [0.5, 0.6) is 0 Å². The van der Waals surface area contributed by atoms with Crippen molar-refractivity contribution >= 4 is 20.1 Å². The summed E-state index contributed by atoms with van der Waals surface area (Å²) in [5.74, 6) is 0.536. The lowest BCUT2D eigenvalue weighted by atomic mass is 10.1. The number of thioether (sulfide) groups is 1. The van der Waals surface area contributed by atoms with Gasteiger partial charge in [0.1, 0.15) is 10.1 Å². The van der Waals surface area contributed by atoms with E-state index in [0.29, 0.717) is 5.92 Å². The first kappa shape index (κ1) is 18.3. The van der Waals surface area contributed by atoms with Crippen LogP contribution in [-0.4, -0.2) is 13.3 Å². The molecule has 0 radical (unpaired) electrons. The second kappa shape index (κ2) is 9.31. The lowest BCUT2D eigenvalue weighted by Crippen LogP contribution is -2.35. The zero-order valence-corrected chi connectivity index (χ0v) is 15.9. The lowest BCUT2D eigenvalue weighted by Gasteiger charge is -2.30. The Morgan fingerprint density at radius 3 is 2.38 bits per heavy atom. The van der Waals surface area contributed by atoms with Crippen LogP contribution in [0, 0.1) is 5.92 Å². The van der Waals surface area contributed by atoms with Gasteiger partial charge in [-0.05, 0) is 60.4 Å². The largest absolute Gasteiger partial charge is 0.539 e. The third kappa shape index (κ3) is 5.87. The quantitative estimate of drug-likeness (QED) is 0.312. The van der Waals surface area contributed by atoms with Gasteiger partial charge in [-0.2, -0.15) is 0 Å². The van der Waals surface area contributed by atoms with Gasteiger partial charge in [-0.15, -0.1) is 0 Å². The third-order valence-electron chi connectivity index (χ3n) is 4.16. The predicted octanol–water partition coefficient (Wildman–Crippen LogP) is 6.08. The molecule has 0 unspecified atom stereocenters. The van der Waals surface area contributed by atoms with Gasteiger partial charge in [-0.1, -0.05) is 40.7 Å². The molecule has 0 saturated carbocycles. The van der Waals surface area contributed by atoms with Crippen molar-refractivity contribution in [3.05, 3.63) is 35.6 Å². The molecule has 1 aromatic rings. The molecule has 4 heteroatoms. The number of rotatable bonds is 9. The van der Waals surface area contributed by atoms with E-state index in [4.69, 9.17) is 4.43 Å². The number of pyridine rings is 1. The molecule has 118 valence electrons.